The molecule has 4 rings (SSSR count). The molecule has 150 valence electrons. The van der Waals surface area contributed by atoms with Gasteiger partial charge >= 0.3 is 0 Å². The predicted octanol–water partition coefficient (Wildman–Crippen LogP) is 2.90. The highest BCUT2D eigenvalue weighted by atomic mass is 15.4. The Morgan fingerprint density at radius 1 is 1.07 bits per heavy atom. The van der Waals surface area contributed by atoms with Crippen molar-refractivity contribution in [2.24, 2.45) is 0 Å². The third-order valence-electron chi connectivity index (χ3n) is 6.13. The van der Waals surface area contributed by atoms with E-state index in [1.165, 1.54) is 13.1 Å². The molecular weight excluding hydrogens is 348 g/mol. The zero-order chi connectivity index (χ0) is 19.7. The monoisotopic (exact) mass is 381 g/mol. The van der Waals surface area contributed by atoms with Crippen molar-refractivity contribution in [2.45, 2.75) is 32.7 Å². The zero-order valence-electron chi connectivity index (χ0n) is 17.5. The second-order valence-electron chi connectivity index (χ2n) is 8.72. The largest absolute Gasteiger partial charge is 0.382 e. The number of fused-ring (bicyclic) bond motifs is 3. The summed E-state index contributed by atoms with van der Waals surface area (Å²) in [6.07, 6.45) is 3.30. The standard InChI is InChI=1S/C22H33N6/c1-4-5-10-19-25-20-21(17-8-6-7-9-18(17)24-22(20)23)27(19)12-11-26-13-15-28(2,3)16-14-26/h6-9H,4-5,10-16H2,1-3H3,(H2,23,24)/q+1. The van der Waals surface area contributed by atoms with Crippen LogP contribution in [-0.4, -0.2) is 70.7 Å². The molecule has 28 heavy (non-hydrogen) atoms. The van der Waals surface area contributed by atoms with Gasteiger partial charge in [-0.25, -0.2) is 9.97 Å². The van der Waals surface area contributed by atoms with Crippen molar-refractivity contribution in [1.29, 1.82) is 0 Å². The topological polar surface area (TPSA) is 60.0 Å². The van der Waals surface area contributed by atoms with Crippen LogP contribution in [0.5, 0.6) is 0 Å². The van der Waals surface area contributed by atoms with Crippen LogP contribution in [0.2, 0.25) is 0 Å². The number of hydrogen-bond donors (Lipinski definition) is 1. The van der Waals surface area contributed by atoms with E-state index in [2.05, 4.69) is 47.6 Å². The Labute approximate surface area is 167 Å². The Morgan fingerprint density at radius 3 is 2.57 bits per heavy atom. The molecule has 0 unspecified atom stereocenters. The first-order valence-electron chi connectivity index (χ1n) is 10.6. The van der Waals surface area contributed by atoms with Gasteiger partial charge in [-0.3, -0.25) is 4.90 Å². The average Bonchev–Trinajstić information content (AvgIpc) is 3.05. The summed E-state index contributed by atoms with van der Waals surface area (Å²) in [7, 11) is 4.65. The number of benzene rings is 1. The lowest BCUT2D eigenvalue weighted by molar-refractivity contribution is -0.894. The molecule has 0 aliphatic carbocycles. The highest BCUT2D eigenvalue weighted by Gasteiger charge is 2.24. The SMILES string of the molecule is CCCCc1nc2c(N)nc3ccccc3c2n1CCN1CC[N+](C)(C)CC1. The van der Waals surface area contributed by atoms with Crippen LogP contribution < -0.4 is 5.73 Å². The van der Waals surface area contributed by atoms with Crippen LogP contribution in [0.15, 0.2) is 24.3 Å². The first-order valence-corrected chi connectivity index (χ1v) is 10.6. The predicted molar refractivity (Wildman–Crippen MR) is 116 cm³/mol. The van der Waals surface area contributed by atoms with Crippen molar-refractivity contribution in [3.63, 3.8) is 0 Å². The lowest BCUT2D eigenvalue weighted by atomic mass is 10.2. The summed E-state index contributed by atoms with van der Waals surface area (Å²) in [5.74, 6) is 1.69. The maximum absolute atomic E-state index is 6.30. The van der Waals surface area contributed by atoms with Crippen LogP contribution in [0.1, 0.15) is 25.6 Å². The minimum Gasteiger partial charge on any atom is -0.382 e. The van der Waals surface area contributed by atoms with E-state index in [1.807, 2.05) is 12.1 Å². The third-order valence-corrected chi connectivity index (χ3v) is 6.13. The summed E-state index contributed by atoms with van der Waals surface area (Å²) in [5, 5.41) is 1.15. The Balaban J connectivity index is 1.70. The van der Waals surface area contributed by atoms with E-state index in [0.29, 0.717) is 5.82 Å². The van der Waals surface area contributed by atoms with Crippen LogP contribution >= 0.6 is 0 Å². The molecule has 0 saturated carbocycles. The summed E-state index contributed by atoms with van der Waals surface area (Å²) < 4.78 is 3.54. The number of nitrogens with zero attached hydrogens (tertiary/aromatic N) is 5. The molecule has 1 aliphatic rings. The van der Waals surface area contributed by atoms with Gasteiger partial charge < -0.3 is 14.8 Å². The number of nitrogens with two attached hydrogens (primary N) is 1. The molecule has 0 atom stereocenters. The Morgan fingerprint density at radius 2 is 1.82 bits per heavy atom. The van der Waals surface area contributed by atoms with Gasteiger partial charge in [-0.15, -0.1) is 0 Å². The van der Waals surface area contributed by atoms with E-state index in [9.17, 15) is 0 Å². The molecule has 0 radical (unpaired) electrons. The van der Waals surface area contributed by atoms with E-state index in [0.717, 1.165) is 77.7 Å². The van der Waals surface area contributed by atoms with Gasteiger partial charge in [0.25, 0.3) is 0 Å². The second kappa shape index (κ2) is 7.68. The summed E-state index contributed by atoms with van der Waals surface area (Å²) >= 11 is 0. The lowest BCUT2D eigenvalue weighted by Gasteiger charge is -2.39. The van der Waals surface area contributed by atoms with E-state index >= 15 is 0 Å². The molecule has 0 spiro atoms. The average molecular weight is 382 g/mol. The van der Waals surface area contributed by atoms with Crippen LogP contribution in [0, 0.1) is 0 Å². The van der Waals surface area contributed by atoms with Crippen LogP contribution in [0.3, 0.4) is 0 Å². The van der Waals surface area contributed by atoms with Gasteiger partial charge in [0.2, 0.25) is 0 Å². The van der Waals surface area contributed by atoms with Gasteiger partial charge in [-0.2, -0.15) is 0 Å². The molecule has 2 N–H and O–H groups in total. The van der Waals surface area contributed by atoms with Gasteiger partial charge in [0.15, 0.2) is 5.82 Å². The Bertz CT molecular complexity index is 964. The Kier molecular flexibility index (Phi) is 5.25. The minimum atomic E-state index is 0.544. The first-order chi connectivity index (χ1) is 13.5. The molecule has 1 saturated heterocycles. The molecule has 1 fully saturated rings. The number of aromatic nitrogens is 3. The molecule has 6 heteroatoms. The zero-order valence-corrected chi connectivity index (χ0v) is 17.5. The quantitative estimate of drug-likeness (QED) is 0.667. The third kappa shape index (κ3) is 3.71. The van der Waals surface area contributed by atoms with Gasteiger partial charge in [0, 0.05) is 38.0 Å². The second-order valence-corrected chi connectivity index (χ2v) is 8.72. The van der Waals surface area contributed by atoms with Crippen LogP contribution in [0.25, 0.3) is 21.9 Å². The smallest absolute Gasteiger partial charge is 0.152 e. The fourth-order valence-electron chi connectivity index (χ4n) is 4.18. The highest BCUT2D eigenvalue weighted by Crippen LogP contribution is 2.29. The molecule has 2 aromatic heterocycles. The lowest BCUT2D eigenvalue weighted by Crippen LogP contribution is -2.55. The van der Waals surface area contributed by atoms with E-state index in [4.69, 9.17) is 10.7 Å². The molecular formula is C22H33N6+. The maximum Gasteiger partial charge on any atom is 0.152 e. The number of pyridine rings is 1. The molecule has 3 heterocycles. The van der Waals surface area contributed by atoms with Gasteiger partial charge in [0.05, 0.1) is 38.2 Å². The number of hydrogen-bond acceptors (Lipinski definition) is 4. The van der Waals surface area contributed by atoms with E-state index < -0.39 is 0 Å². The van der Waals surface area contributed by atoms with Crippen molar-refractivity contribution in [1.82, 2.24) is 19.4 Å². The molecule has 0 amide bonds. The number of nitrogen functional groups attached to an aromatic ring is 1. The number of likely N-dealkylation sites (N-methyl/N-ethyl adjacent to an activating group) is 1. The van der Waals surface area contributed by atoms with Gasteiger partial charge in [-0.1, -0.05) is 31.5 Å². The summed E-state index contributed by atoms with van der Waals surface area (Å²) in [5.41, 5.74) is 9.27. The van der Waals surface area contributed by atoms with Crippen molar-refractivity contribution >= 4 is 27.8 Å². The molecule has 6 nitrogen and oxygen atoms in total. The van der Waals surface area contributed by atoms with E-state index in [-0.39, 0.29) is 0 Å². The number of anilines is 1. The maximum atomic E-state index is 6.30. The number of imidazole rings is 1. The van der Waals surface area contributed by atoms with Gasteiger partial charge in [-0.05, 0) is 12.5 Å². The molecule has 0 bridgehead atoms. The number of quaternary nitrogens is 1. The molecule has 1 aromatic carbocycles. The number of piperazine rings is 1. The van der Waals surface area contributed by atoms with Crippen LogP contribution in [0.4, 0.5) is 5.82 Å². The minimum absolute atomic E-state index is 0.544. The Hall–Kier alpha value is -2.18. The number of unbranched alkanes of at least 4 members (excludes halogenated alkanes) is 1. The van der Waals surface area contributed by atoms with Gasteiger partial charge in [0.1, 0.15) is 11.3 Å². The number of para-hydroxylation sites is 1. The van der Waals surface area contributed by atoms with Crippen molar-refractivity contribution in [3.8, 4) is 0 Å². The van der Waals surface area contributed by atoms with Crippen LogP contribution in [-0.2, 0) is 13.0 Å². The molecule has 1 aliphatic heterocycles. The normalized spacial score (nSPS) is 17.5. The summed E-state index contributed by atoms with van der Waals surface area (Å²) in [4.78, 5) is 12.1. The fourth-order valence-corrected chi connectivity index (χ4v) is 4.18. The fraction of sp³-hybridized carbons (Fsp3) is 0.545. The number of rotatable bonds is 6. The highest BCUT2D eigenvalue weighted by molar-refractivity contribution is 6.06. The van der Waals surface area contributed by atoms with E-state index in [1.54, 1.807) is 0 Å². The summed E-state index contributed by atoms with van der Waals surface area (Å²) in [6.45, 7) is 8.99. The molecule has 3 aromatic rings. The summed E-state index contributed by atoms with van der Waals surface area (Å²) in [6, 6.07) is 8.28. The first kappa shape index (κ1) is 19.2. The van der Waals surface area contributed by atoms with Crippen molar-refractivity contribution in [2.75, 3.05) is 52.6 Å². The van der Waals surface area contributed by atoms with Crippen molar-refractivity contribution < 1.29 is 4.48 Å². The number of aryl methyl sites for hydroxylation is 1. The van der Waals surface area contributed by atoms with Crippen molar-refractivity contribution in [3.05, 3.63) is 30.1 Å².